The van der Waals surface area contributed by atoms with Gasteiger partial charge in [0.2, 0.25) is 5.91 Å². The molecular formula is C15H13BrClNOS. The Bertz CT molecular complexity index is 683. The summed E-state index contributed by atoms with van der Waals surface area (Å²) in [5.41, 5.74) is 2.88. The van der Waals surface area contributed by atoms with Gasteiger partial charge in [-0.3, -0.25) is 4.79 Å². The average Bonchev–Trinajstić information content (AvgIpc) is 3.02. The molecule has 3 rings (SSSR count). The van der Waals surface area contributed by atoms with Gasteiger partial charge in [-0.1, -0.05) is 40.5 Å². The minimum atomic E-state index is 0.0312. The number of anilines is 1. The number of carbonyl (C=O) groups excluding carboxylic acids is 1. The van der Waals surface area contributed by atoms with Gasteiger partial charge in [0, 0.05) is 20.5 Å². The third kappa shape index (κ3) is 2.52. The first-order valence-electron chi connectivity index (χ1n) is 6.43. The van der Waals surface area contributed by atoms with Gasteiger partial charge in [-0.05, 0) is 35.7 Å². The molecule has 104 valence electrons. The van der Waals surface area contributed by atoms with Crippen molar-refractivity contribution in [2.75, 3.05) is 5.32 Å². The fourth-order valence-corrected chi connectivity index (χ4v) is 4.50. The van der Waals surface area contributed by atoms with Crippen molar-refractivity contribution in [3.63, 3.8) is 0 Å². The molecule has 1 aromatic carbocycles. The molecule has 1 atom stereocenters. The number of aryl methyl sites for hydroxylation is 1. The van der Waals surface area contributed by atoms with E-state index in [1.165, 1.54) is 9.75 Å². The molecule has 1 aliphatic rings. The van der Waals surface area contributed by atoms with Gasteiger partial charge in [-0.2, -0.15) is 0 Å². The molecule has 0 fully saturated rings. The predicted octanol–water partition coefficient (Wildman–Crippen LogP) is 4.94. The molecule has 2 nitrogen and oxygen atoms in total. The maximum atomic E-state index is 11.4. The highest BCUT2D eigenvalue weighted by Gasteiger charge is 2.23. The fourth-order valence-electron chi connectivity index (χ4n) is 2.34. The van der Waals surface area contributed by atoms with E-state index < -0.39 is 0 Å². The summed E-state index contributed by atoms with van der Waals surface area (Å²) >= 11 is 11.9. The molecule has 0 spiro atoms. The molecule has 1 unspecified atom stereocenters. The van der Waals surface area contributed by atoms with E-state index in [-0.39, 0.29) is 10.7 Å². The topological polar surface area (TPSA) is 29.1 Å². The Balaban J connectivity index is 1.97. The SMILES string of the molecule is CCc1ccc(C(Br)c2cc3c(cc2Cl)NC(=O)C3)s1. The van der Waals surface area contributed by atoms with Crippen molar-refractivity contribution >= 4 is 50.5 Å². The summed E-state index contributed by atoms with van der Waals surface area (Å²) in [5, 5.41) is 3.50. The quantitative estimate of drug-likeness (QED) is 0.762. The van der Waals surface area contributed by atoms with E-state index in [0.717, 1.165) is 23.2 Å². The van der Waals surface area contributed by atoms with Gasteiger partial charge in [-0.25, -0.2) is 0 Å². The molecular weight excluding hydrogens is 358 g/mol. The summed E-state index contributed by atoms with van der Waals surface area (Å²) in [5.74, 6) is 0.0312. The Labute approximate surface area is 135 Å². The van der Waals surface area contributed by atoms with Crippen molar-refractivity contribution in [2.24, 2.45) is 0 Å². The Morgan fingerprint density at radius 2 is 2.25 bits per heavy atom. The number of alkyl halides is 1. The fraction of sp³-hybridized carbons (Fsp3) is 0.267. The molecule has 5 heteroatoms. The zero-order valence-corrected chi connectivity index (χ0v) is 14.0. The minimum absolute atomic E-state index is 0.0312. The van der Waals surface area contributed by atoms with Crippen molar-refractivity contribution in [3.05, 3.63) is 50.2 Å². The molecule has 0 bridgehead atoms. The van der Waals surface area contributed by atoms with Crippen LogP contribution in [0.5, 0.6) is 0 Å². The van der Waals surface area contributed by atoms with Crippen LogP contribution in [0.1, 0.15) is 32.6 Å². The maximum Gasteiger partial charge on any atom is 0.228 e. The Morgan fingerprint density at radius 3 is 2.95 bits per heavy atom. The van der Waals surface area contributed by atoms with Gasteiger partial charge in [0.25, 0.3) is 0 Å². The van der Waals surface area contributed by atoms with Gasteiger partial charge in [0.1, 0.15) is 0 Å². The highest BCUT2D eigenvalue weighted by Crippen LogP contribution is 2.41. The molecule has 0 radical (unpaired) electrons. The highest BCUT2D eigenvalue weighted by molar-refractivity contribution is 9.09. The van der Waals surface area contributed by atoms with E-state index in [9.17, 15) is 4.79 Å². The minimum Gasteiger partial charge on any atom is -0.325 e. The summed E-state index contributed by atoms with van der Waals surface area (Å²) in [6.07, 6.45) is 1.48. The predicted molar refractivity (Wildman–Crippen MR) is 88.3 cm³/mol. The van der Waals surface area contributed by atoms with Gasteiger partial charge in [0.05, 0.1) is 11.2 Å². The molecule has 2 heterocycles. The number of hydrogen-bond donors (Lipinski definition) is 1. The lowest BCUT2D eigenvalue weighted by Gasteiger charge is -2.12. The second kappa shape index (κ2) is 5.51. The zero-order valence-electron chi connectivity index (χ0n) is 10.9. The summed E-state index contributed by atoms with van der Waals surface area (Å²) in [4.78, 5) is 14.1. The molecule has 0 saturated heterocycles. The monoisotopic (exact) mass is 369 g/mol. The second-order valence-electron chi connectivity index (χ2n) is 4.78. The summed E-state index contributed by atoms with van der Waals surface area (Å²) < 4.78 is 0. The van der Waals surface area contributed by atoms with Gasteiger partial charge in [-0.15, -0.1) is 11.3 Å². The van der Waals surface area contributed by atoms with E-state index in [1.807, 2.05) is 12.1 Å². The molecule has 1 aliphatic heterocycles. The largest absolute Gasteiger partial charge is 0.325 e. The van der Waals surface area contributed by atoms with Gasteiger partial charge in [0.15, 0.2) is 0 Å². The molecule has 2 aromatic rings. The number of thiophene rings is 1. The number of halogens is 2. The van der Waals surface area contributed by atoms with E-state index >= 15 is 0 Å². The van der Waals surface area contributed by atoms with Crippen LogP contribution in [0.3, 0.4) is 0 Å². The first kappa shape index (κ1) is 14.1. The number of hydrogen-bond acceptors (Lipinski definition) is 2. The van der Waals surface area contributed by atoms with Crippen molar-refractivity contribution < 1.29 is 4.79 Å². The van der Waals surface area contributed by atoms with Crippen LogP contribution in [0.25, 0.3) is 0 Å². The van der Waals surface area contributed by atoms with Crippen molar-refractivity contribution in [1.29, 1.82) is 0 Å². The van der Waals surface area contributed by atoms with E-state index in [0.29, 0.717) is 11.4 Å². The van der Waals surface area contributed by atoms with Crippen LogP contribution in [0.4, 0.5) is 5.69 Å². The van der Waals surface area contributed by atoms with Crippen molar-refractivity contribution in [2.45, 2.75) is 24.6 Å². The molecule has 1 aromatic heterocycles. The molecule has 1 amide bonds. The number of amides is 1. The van der Waals surface area contributed by atoms with Crippen molar-refractivity contribution in [3.8, 4) is 0 Å². The number of fused-ring (bicyclic) bond motifs is 1. The molecule has 1 N–H and O–H groups in total. The van der Waals surface area contributed by atoms with Crippen molar-refractivity contribution in [1.82, 2.24) is 0 Å². The Hall–Kier alpha value is -0.840. The lowest BCUT2D eigenvalue weighted by atomic mass is 10.0. The normalized spacial score (nSPS) is 15.1. The second-order valence-corrected chi connectivity index (χ2v) is 7.30. The number of rotatable bonds is 3. The molecule has 20 heavy (non-hydrogen) atoms. The standard InChI is InChI=1S/C15H13BrClNOS/c1-2-9-3-4-13(20-9)15(16)10-5-8-6-14(19)18-12(8)7-11(10)17/h3-5,7,15H,2,6H2,1H3,(H,18,19). The van der Waals surface area contributed by atoms with Crippen LogP contribution >= 0.6 is 38.9 Å². The van der Waals surface area contributed by atoms with Gasteiger partial charge >= 0.3 is 0 Å². The maximum absolute atomic E-state index is 11.4. The van der Waals surface area contributed by atoms with Crippen LogP contribution in [-0.4, -0.2) is 5.91 Å². The van der Waals surface area contributed by atoms with Crippen LogP contribution < -0.4 is 5.32 Å². The van der Waals surface area contributed by atoms with Crippen LogP contribution in [0, 0.1) is 0 Å². The summed E-state index contributed by atoms with van der Waals surface area (Å²) in [7, 11) is 0. The smallest absolute Gasteiger partial charge is 0.228 e. The number of nitrogens with one attached hydrogen (secondary N) is 1. The zero-order chi connectivity index (χ0) is 14.3. The third-order valence-electron chi connectivity index (χ3n) is 3.40. The molecule has 0 aliphatic carbocycles. The van der Waals surface area contributed by atoms with Gasteiger partial charge < -0.3 is 5.32 Å². The average molecular weight is 371 g/mol. The first-order valence-corrected chi connectivity index (χ1v) is 8.54. The van der Waals surface area contributed by atoms with E-state index in [2.05, 4.69) is 40.3 Å². The first-order chi connectivity index (χ1) is 9.58. The Kier molecular flexibility index (Phi) is 3.89. The van der Waals surface area contributed by atoms with E-state index in [4.69, 9.17) is 11.6 Å². The molecule has 0 saturated carbocycles. The summed E-state index contributed by atoms with van der Waals surface area (Å²) in [6.45, 7) is 2.15. The van der Waals surface area contributed by atoms with Crippen LogP contribution in [-0.2, 0) is 17.6 Å². The van der Waals surface area contributed by atoms with Crippen LogP contribution in [0.15, 0.2) is 24.3 Å². The lowest BCUT2D eigenvalue weighted by Crippen LogP contribution is -2.03. The lowest BCUT2D eigenvalue weighted by molar-refractivity contribution is -0.115. The van der Waals surface area contributed by atoms with Crippen LogP contribution in [0.2, 0.25) is 5.02 Å². The van der Waals surface area contributed by atoms with E-state index in [1.54, 1.807) is 11.3 Å². The third-order valence-corrected chi connectivity index (χ3v) is 6.31. The number of benzene rings is 1. The Morgan fingerprint density at radius 1 is 1.45 bits per heavy atom. The number of carbonyl (C=O) groups is 1. The summed E-state index contributed by atoms with van der Waals surface area (Å²) in [6, 6.07) is 8.16. The highest BCUT2D eigenvalue weighted by atomic mass is 79.9.